The number of rotatable bonds is 3. The monoisotopic (exact) mass is 368 g/mol. The Balaban J connectivity index is 2.41. The van der Waals surface area contributed by atoms with Crippen LogP contribution in [0.4, 0.5) is 0 Å². The van der Waals surface area contributed by atoms with Gasteiger partial charge in [0.05, 0.1) is 10.6 Å². The van der Waals surface area contributed by atoms with E-state index in [9.17, 15) is 0 Å². The average Bonchev–Trinajstić information content (AvgIpc) is 2.63. The second kappa shape index (κ2) is 5.56. The number of halogens is 1. The largest absolute Gasteiger partial charge is 0.460 e. The summed E-state index contributed by atoms with van der Waals surface area (Å²) in [5.41, 5.74) is 2.07. The molecule has 0 saturated heterocycles. The first-order valence-corrected chi connectivity index (χ1v) is 11.1. The molecular weight excluding hydrogens is 344 g/mol. The fourth-order valence-electron chi connectivity index (χ4n) is 2.23. The van der Waals surface area contributed by atoms with Crippen molar-refractivity contribution in [3.8, 4) is 0 Å². The van der Waals surface area contributed by atoms with Gasteiger partial charge in [0, 0.05) is 10.9 Å². The highest BCUT2D eigenvalue weighted by Crippen LogP contribution is 2.41. The van der Waals surface area contributed by atoms with Crippen molar-refractivity contribution in [2.45, 2.75) is 58.9 Å². The van der Waals surface area contributed by atoms with Crippen LogP contribution in [0.25, 0.3) is 11.0 Å². The van der Waals surface area contributed by atoms with Crippen LogP contribution in [-0.4, -0.2) is 8.32 Å². The first-order chi connectivity index (χ1) is 9.54. The lowest BCUT2D eigenvalue weighted by molar-refractivity contribution is 0.203. The number of furan rings is 1. The topological polar surface area (TPSA) is 22.4 Å². The van der Waals surface area contributed by atoms with E-state index < -0.39 is 8.32 Å². The molecule has 0 aliphatic heterocycles. The summed E-state index contributed by atoms with van der Waals surface area (Å²) in [6.45, 7) is 15.5. The number of hydrogen-bond acceptors (Lipinski definition) is 2. The zero-order chi connectivity index (χ0) is 16.0. The summed E-state index contributed by atoms with van der Waals surface area (Å²) in [4.78, 5) is 0. The lowest BCUT2D eigenvalue weighted by atomic mass is 10.1. The van der Waals surface area contributed by atoms with Gasteiger partial charge in [0.15, 0.2) is 8.32 Å². The van der Waals surface area contributed by atoms with E-state index in [4.69, 9.17) is 8.84 Å². The third kappa shape index (κ3) is 3.12. The summed E-state index contributed by atoms with van der Waals surface area (Å²) in [6, 6.07) is 6.26. The van der Waals surface area contributed by atoms with Crippen molar-refractivity contribution in [1.82, 2.24) is 0 Å². The lowest BCUT2D eigenvalue weighted by Crippen LogP contribution is -2.41. The molecule has 2 aromatic rings. The molecule has 1 atom stereocenters. The Labute approximate surface area is 137 Å². The molecular formula is C17H25BrO2Si. The molecule has 0 aliphatic carbocycles. The number of fused-ring (bicyclic) bond motifs is 1. The number of benzene rings is 1. The first kappa shape index (κ1) is 16.8. The second-order valence-corrected chi connectivity index (χ2v) is 12.8. The van der Waals surface area contributed by atoms with Gasteiger partial charge in [-0.15, -0.1) is 0 Å². The van der Waals surface area contributed by atoms with Crippen LogP contribution >= 0.6 is 15.9 Å². The Kier molecular flexibility index (Phi) is 4.44. The van der Waals surface area contributed by atoms with Gasteiger partial charge in [-0.05, 0) is 54.0 Å². The molecule has 4 heteroatoms. The highest BCUT2D eigenvalue weighted by molar-refractivity contribution is 9.10. The maximum Gasteiger partial charge on any atom is 0.192 e. The fraction of sp³-hybridized carbons (Fsp3) is 0.529. The van der Waals surface area contributed by atoms with Gasteiger partial charge < -0.3 is 8.84 Å². The van der Waals surface area contributed by atoms with Crippen molar-refractivity contribution in [3.05, 3.63) is 34.0 Å². The lowest BCUT2D eigenvalue weighted by Gasteiger charge is -2.38. The molecule has 21 heavy (non-hydrogen) atoms. The molecule has 0 amide bonds. The number of aryl methyl sites for hydroxylation is 1. The van der Waals surface area contributed by atoms with Crippen molar-refractivity contribution < 1.29 is 8.84 Å². The van der Waals surface area contributed by atoms with E-state index in [1.165, 1.54) is 0 Å². The van der Waals surface area contributed by atoms with Crippen LogP contribution in [0.1, 0.15) is 45.1 Å². The summed E-state index contributed by atoms with van der Waals surface area (Å²) < 4.78 is 13.5. The zero-order valence-electron chi connectivity index (χ0n) is 14.0. The summed E-state index contributed by atoms with van der Waals surface area (Å²) in [7, 11) is -1.80. The highest BCUT2D eigenvalue weighted by Gasteiger charge is 2.39. The predicted molar refractivity (Wildman–Crippen MR) is 95.3 cm³/mol. The van der Waals surface area contributed by atoms with Crippen molar-refractivity contribution >= 4 is 35.2 Å². The second-order valence-electron chi connectivity index (χ2n) is 7.22. The van der Waals surface area contributed by atoms with Gasteiger partial charge >= 0.3 is 0 Å². The van der Waals surface area contributed by atoms with Crippen molar-refractivity contribution in [1.29, 1.82) is 0 Å². The molecule has 2 rings (SSSR count). The Morgan fingerprint density at radius 1 is 1.24 bits per heavy atom. The van der Waals surface area contributed by atoms with E-state index in [0.717, 1.165) is 26.8 Å². The van der Waals surface area contributed by atoms with Gasteiger partial charge in [0.1, 0.15) is 11.3 Å². The van der Waals surface area contributed by atoms with E-state index in [2.05, 4.69) is 74.9 Å². The Hall–Kier alpha value is -0.583. The molecule has 0 N–H and O–H groups in total. The maximum absolute atomic E-state index is 6.51. The molecule has 0 radical (unpaired) electrons. The fourth-order valence-corrected chi connectivity index (χ4v) is 3.99. The zero-order valence-corrected chi connectivity index (χ0v) is 16.6. The van der Waals surface area contributed by atoms with Crippen LogP contribution in [0.2, 0.25) is 18.1 Å². The molecule has 1 heterocycles. The van der Waals surface area contributed by atoms with Crippen LogP contribution in [-0.2, 0) is 4.43 Å². The third-order valence-corrected chi connectivity index (χ3v) is 10.1. The summed E-state index contributed by atoms with van der Waals surface area (Å²) in [5.74, 6) is 0.914. The molecule has 1 aromatic carbocycles. The Morgan fingerprint density at radius 2 is 1.86 bits per heavy atom. The molecule has 1 unspecified atom stereocenters. The molecule has 0 spiro atoms. The van der Waals surface area contributed by atoms with Crippen LogP contribution in [0.5, 0.6) is 0 Å². The highest BCUT2D eigenvalue weighted by atomic mass is 79.9. The average molecular weight is 369 g/mol. The van der Waals surface area contributed by atoms with Gasteiger partial charge in [-0.3, -0.25) is 0 Å². The molecule has 0 bridgehead atoms. The standard InChI is InChI=1S/C17H25BrO2Si/c1-11(20-21(6,7)17(3,4)5)13-9-8-10-14-15(18)12(2)19-16(13)14/h8-11H,1-7H3. The predicted octanol–water partition coefficient (Wildman–Crippen LogP) is 6.59. The third-order valence-electron chi connectivity index (χ3n) is 4.56. The minimum absolute atomic E-state index is 0.0343. The summed E-state index contributed by atoms with van der Waals surface area (Å²) >= 11 is 3.60. The van der Waals surface area contributed by atoms with Crippen LogP contribution in [0, 0.1) is 6.92 Å². The van der Waals surface area contributed by atoms with Gasteiger partial charge in [0.2, 0.25) is 0 Å². The molecule has 2 nitrogen and oxygen atoms in total. The van der Waals surface area contributed by atoms with Crippen LogP contribution < -0.4 is 0 Å². The van der Waals surface area contributed by atoms with E-state index in [-0.39, 0.29) is 11.1 Å². The smallest absolute Gasteiger partial charge is 0.192 e. The quantitative estimate of drug-likeness (QED) is 0.570. The van der Waals surface area contributed by atoms with Crippen molar-refractivity contribution in [3.63, 3.8) is 0 Å². The number of para-hydroxylation sites is 1. The normalized spacial score (nSPS) is 14.7. The van der Waals surface area contributed by atoms with Crippen molar-refractivity contribution in [2.75, 3.05) is 0 Å². The minimum atomic E-state index is -1.80. The van der Waals surface area contributed by atoms with E-state index in [1.54, 1.807) is 0 Å². The SMILES string of the molecule is Cc1oc2c(C(C)O[Si](C)(C)C(C)(C)C)cccc2c1Br. The molecule has 0 aliphatic rings. The summed E-state index contributed by atoms with van der Waals surface area (Å²) in [6.07, 6.45) is 0.0343. The van der Waals surface area contributed by atoms with E-state index in [0.29, 0.717) is 0 Å². The molecule has 116 valence electrons. The van der Waals surface area contributed by atoms with Gasteiger partial charge in [-0.25, -0.2) is 0 Å². The minimum Gasteiger partial charge on any atom is -0.460 e. The van der Waals surface area contributed by atoms with Gasteiger partial charge in [0.25, 0.3) is 0 Å². The van der Waals surface area contributed by atoms with Crippen molar-refractivity contribution in [2.24, 2.45) is 0 Å². The molecule has 0 saturated carbocycles. The first-order valence-electron chi connectivity index (χ1n) is 7.40. The Bertz CT molecular complexity index is 653. The van der Waals surface area contributed by atoms with Crippen LogP contribution in [0.3, 0.4) is 0 Å². The van der Waals surface area contributed by atoms with Gasteiger partial charge in [-0.2, -0.15) is 0 Å². The molecule has 0 fully saturated rings. The van der Waals surface area contributed by atoms with Crippen LogP contribution in [0.15, 0.2) is 27.1 Å². The maximum atomic E-state index is 6.51. The summed E-state index contributed by atoms with van der Waals surface area (Å²) in [5, 5.41) is 1.32. The van der Waals surface area contributed by atoms with Gasteiger partial charge in [-0.1, -0.05) is 32.9 Å². The Morgan fingerprint density at radius 3 is 2.43 bits per heavy atom. The van der Waals surface area contributed by atoms with E-state index in [1.807, 2.05) is 6.92 Å². The molecule has 1 aromatic heterocycles. The van der Waals surface area contributed by atoms with E-state index >= 15 is 0 Å². The number of hydrogen-bond donors (Lipinski definition) is 0.